The number of nitrogens with one attached hydrogen (secondary N) is 1. The van der Waals surface area contributed by atoms with E-state index in [9.17, 15) is 0 Å². The average molecular weight is 399 g/mol. The average Bonchev–Trinajstić information content (AvgIpc) is 2.74. The molecule has 0 bridgehead atoms. The highest BCUT2D eigenvalue weighted by atomic mass is 16.5. The van der Waals surface area contributed by atoms with E-state index in [1.165, 1.54) is 35.5 Å². The maximum absolute atomic E-state index is 5.89. The number of aryl methyl sites for hydroxylation is 2. The quantitative estimate of drug-likeness (QED) is 0.585. The standard InChI is InChI=1S/C25H26N4O/c1-18-23(12-5-15-26-18)30-24-14-13-21(17-27-24)28-25(20-8-4-9-20)29-16-6-10-19-7-2-3-11-22(19)29/h2-3,5,7,11-15,17,28H,4,6,8-10,16H2,1H3. The Hall–Kier alpha value is -3.34. The van der Waals surface area contributed by atoms with Crippen LogP contribution in [-0.2, 0) is 6.42 Å². The smallest absolute Gasteiger partial charge is 0.219 e. The Morgan fingerprint density at radius 2 is 1.87 bits per heavy atom. The van der Waals surface area contributed by atoms with E-state index in [1.807, 2.05) is 37.4 Å². The van der Waals surface area contributed by atoms with E-state index >= 15 is 0 Å². The molecule has 5 nitrogen and oxygen atoms in total. The fourth-order valence-corrected chi connectivity index (χ4v) is 4.04. The minimum atomic E-state index is 0.567. The molecule has 5 heteroatoms. The Bertz CT molecular complexity index is 1070. The largest absolute Gasteiger partial charge is 0.437 e. The summed E-state index contributed by atoms with van der Waals surface area (Å²) in [6.07, 6.45) is 9.52. The van der Waals surface area contributed by atoms with Gasteiger partial charge in [0.15, 0.2) is 5.75 Å². The number of nitrogens with zero attached hydrogens (tertiary/aromatic N) is 3. The molecule has 1 aromatic carbocycles. The molecule has 2 aliphatic rings. The molecule has 30 heavy (non-hydrogen) atoms. The summed E-state index contributed by atoms with van der Waals surface area (Å²) in [5.41, 5.74) is 6.07. The molecule has 5 rings (SSSR count). The maximum Gasteiger partial charge on any atom is 0.219 e. The monoisotopic (exact) mass is 398 g/mol. The van der Waals surface area contributed by atoms with Gasteiger partial charge in [-0.1, -0.05) is 18.2 Å². The Labute approximate surface area is 177 Å². The molecule has 1 aliphatic carbocycles. The molecule has 0 unspecified atom stereocenters. The van der Waals surface area contributed by atoms with Crippen LogP contribution < -0.4 is 15.0 Å². The number of allylic oxidation sites excluding steroid dienone is 1. The van der Waals surface area contributed by atoms with Crippen molar-refractivity contribution in [2.75, 3.05) is 16.8 Å². The highest BCUT2D eigenvalue weighted by molar-refractivity contribution is 5.64. The predicted molar refractivity (Wildman–Crippen MR) is 120 cm³/mol. The third kappa shape index (κ3) is 3.75. The zero-order valence-electron chi connectivity index (χ0n) is 17.3. The minimum Gasteiger partial charge on any atom is -0.437 e. The lowest BCUT2D eigenvalue weighted by Crippen LogP contribution is -2.34. The van der Waals surface area contributed by atoms with Crippen molar-refractivity contribution in [1.29, 1.82) is 0 Å². The summed E-state index contributed by atoms with van der Waals surface area (Å²) in [6.45, 7) is 2.97. The van der Waals surface area contributed by atoms with E-state index in [4.69, 9.17) is 4.74 Å². The van der Waals surface area contributed by atoms with Crippen LogP contribution in [-0.4, -0.2) is 16.5 Å². The van der Waals surface area contributed by atoms with Gasteiger partial charge in [0.2, 0.25) is 5.88 Å². The van der Waals surface area contributed by atoms with E-state index in [0.29, 0.717) is 5.88 Å². The summed E-state index contributed by atoms with van der Waals surface area (Å²) in [7, 11) is 0. The van der Waals surface area contributed by atoms with E-state index in [1.54, 1.807) is 6.20 Å². The number of hydrogen-bond acceptors (Lipinski definition) is 5. The first-order chi connectivity index (χ1) is 14.8. The summed E-state index contributed by atoms with van der Waals surface area (Å²) in [4.78, 5) is 11.2. The first-order valence-corrected chi connectivity index (χ1v) is 10.7. The lowest BCUT2D eigenvalue weighted by molar-refractivity contribution is 0.457. The van der Waals surface area contributed by atoms with Crippen LogP contribution >= 0.6 is 0 Å². The van der Waals surface area contributed by atoms with Gasteiger partial charge in [-0.2, -0.15) is 0 Å². The molecular formula is C25H26N4O. The first-order valence-electron chi connectivity index (χ1n) is 10.7. The summed E-state index contributed by atoms with van der Waals surface area (Å²) < 4.78 is 5.89. The fraction of sp³-hybridized carbons (Fsp3) is 0.280. The van der Waals surface area contributed by atoms with Gasteiger partial charge in [-0.3, -0.25) is 4.98 Å². The second-order valence-electron chi connectivity index (χ2n) is 7.89. The van der Waals surface area contributed by atoms with Crippen molar-refractivity contribution in [3.63, 3.8) is 0 Å². The van der Waals surface area contributed by atoms with Gasteiger partial charge in [0.05, 0.1) is 17.6 Å². The van der Waals surface area contributed by atoms with Crippen molar-refractivity contribution >= 4 is 11.4 Å². The molecule has 3 heterocycles. The van der Waals surface area contributed by atoms with Crippen LogP contribution in [0.25, 0.3) is 0 Å². The van der Waals surface area contributed by atoms with Crippen molar-refractivity contribution < 1.29 is 4.74 Å². The van der Waals surface area contributed by atoms with Crippen LogP contribution in [0.5, 0.6) is 11.6 Å². The number of aromatic nitrogens is 2. The molecule has 3 aromatic rings. The van der Waals surface area contributed by atoms with Gasteiger partial charge >= 0.3 is 0 Å². The molecule has 2 aromatic heterocycles. The van der Waals surface area contributed by atoms with Crippen molar-refractivity contribution in [2.24, 2.45) is 0 Å². The molecule has 0 atom stereocenters. The third-order valence-electron chi connectivity index (χ3n) is 5.84. The van der Waals surface area contributed by atoms with Crippen LogP contribution in [0, 0.1) is 6.92 Å². The van der Waals surface area contributed by atoms with E-state index in [2.05, 4.69) is 44.5 Å². The summed E-state index contributed by atoms with van der Waals surface area (Å²) in [5, 5.41) is 3.67. The Morgan fingerprint density at radius 1 is 0.967 bits per heavy atom. The van der Waals surface area contributed by atoms with Gasteiger partial charge in [0, 0.05) is 24.5 Å². The number of pyridine rings is 2. The number of fused-ring (bicyclic) bond motifs is 1. The summed E-state index contributed by atoms with van der Waals surface area (Å²) in [5.74, 6) is 2.53. The van der Waals surface area contributed by atoms with Gasteiger partial charge < -0.3 is 15.0 Å². The lowest BCUT2D eigenvalue weighted by atomic mass is 9.91. The zero-order valence-corrected chi connectivity index (χ0v) is 17.3. The molecule has 1 saturated carbocycles. The second kappa shape index (κ2) is 8.19. The van der Waals surface area contributed by atoms with Gasteiger partial charge in [0.25, 0.3) is 0 Å². The van der Waals surface area contributed by atoms with Crippen molar-refractivity contribution in [2.45, 2.75) is 39.0 Å². The van der Waals surface area contributed by atoms with Crippen molar-refractivity contribution in [1.82, 2.24) is 9.97 Å². The number of para-hydroxylation sites is 1. The molecule has 0 spiro atoms. The van der Waals surface area contributed by atoms with E-state index in [0.717, 1.165) is 42.9 Å². The van der Waals surface area contributed by atoms with Gasteiger partial charge in [-0.25, -0.2) is 4.98 Å². The zero-order chi connectivity index (χ0) is 20.3. The number of benzene rings is 1. The summed E-state index contributed by atoms with van der Waals surface area (Å²) in [6, 6.07) is 16.5. The molecule has 1 aliphatic heterocycles. The SMILES string of the molecule is Cc1ncccc1Oc1ccc(NC(=C2CCC2)N2CCCc3ccccc32)cn1. The van der Waals surface area contributed by atoms with Crippen LogP contribution in [0.1, 0.15) is 36.9 Å². The van der Waals surface area contributed by atoms with Crippen molar-refractivity contribution in [3.05, 3.63) is 83.6 Å². The highest BCUT2D eigenvalue weighted by Crippen LogP contribution is 2.36. The van der Waals surface area contributed by atoms with Gasteiger partial charge in [-0.05, 0) is 74.4 Å². The maximum atomic E-state index is 5.89. The molecule has 1 fully saturated rings. The Kier molecular flexibility index (Phi) is 5.10. The van der Waals surface area contributed by atoms with Crippen molar-refractivity contribution in [3.8, 4) is 11.6 Å². The third-order valence-corrected chi connectivity index (χ3v) is 5.84. The molecule has 0 amide bonds. The predicted octanol–water partition coefficient (Wildman–Crippen LogP) is 5.84. The second-order valence-corrected chi connectivity index (χ2v) is 7.89. The number of hydrogen-bond donors (Lipinski definition) is 1. The lowest BCUT2D eigenvalue weighted by Gasteiger charge is -2.37. The molecule has 152 valence electrons. The van der Waals surface area contributed by atoms with Crippen LogP contribution in [0.3, 0.4) is 0 Å². The van der Waals surface area contributed by atoms with Crippen LogP contribution in [0.4, 0.5) is 11.4 Å². The van der Waals surface area contributed by atoms with Crippen LogP contribution in [0.2, 0.25) is 0 Å². The highest BCUT2D eigenvalue weighted by Gasteiger charge is 2.25. The first kappa shape index (κ1) is 18.7. The normalized spacial score (nSPS) is 15.2. The van der Waals surface area contributed by atoms with Gasteiger partial charge in [-0.15, -0.1) is 0 Å². The molecule has 1 N–H and O–H groups in total. The van der Waals surface area contributed by atoms with E-state index in [-0.39, 0.29) is 0 Å². The topological polar surface area (TPSA) is 50.3 Å². The van der Waals surface area contributed by atoms with Gasteiger partial charge in [0.1, 0.15) is 5.82 Å². The Morgan fingerprint density at radius 3 is 2.63 bits per heavy atom. The Balaban J connectivity index is 1.38. The fourth-order valence-electron chi connectivity index (χ4n) is 4.04. The minimum absolute atomic E-state index is 0.567. The molecule has 0 radical (unpaired) electrons. The van der Waals surface area contributed by atoms with E-state index < -0.39 is 0 Å². The number of anilines is 2. The number of ether oxygens (including phenoxy) is 1. The van der Waals surface area contributed by atoms with Crippen LogP contribution in [0.15, 0.2) is 72.3 Å². The summed E-state index contributed by atoms with van der Waals surface area (Å²) >= 11 is 0. The number of rotatable bonds is 5. The molecular weight excluding hydrogens is 372 g/mol. The molecule has 0 saturated heterocycles.